The number of ether oxygens (including phenoxy) is 1. The zero-order valence-electron chi connectivity index (χ0n) is 9.25. The van der Waals surface area contributed by atoms with E-state index in [1.165, 1.54) is 6.07 Å². The summed E-state index contributed by atoms with van der Waals surface area (Å²) in [6.45, 7) is 2.13. The van der Waals surface area contributed by atoms with Gasteiger partial charge in [0.25, 0.3) is 0 Å². The summed E-state index contributed by atoms with van der Waals surface area (Å²) in [4.78, 5) is 22.5. The molecule has 0 N–H and O–H groups in total. The third-order valence-electron chi connectivity index (χ3n) is 2.17. The second kappa shape index (κ2) is 4.97. The van der Waals surface area contributed by atoms with Crippen molar-refractivity contribution >= 4 is 17.5 Å². The van der Waals surface area contributed by atoms with E-state index in [-0.39, 0.29) is 10.7 Å². The Morgan fingerprint density at radius 1 is 1.29 bits per heavy atom. The van der Waals surface area contributed by atoms with Crippen LogP contribution in [-0.2, 0) is 4.74 Å². The summed E-state index contributed by atoms with van der Waals surface area (Å²) in [7, 11) is 0. The first-order valence-corrected chi connectivity index (χ1v) is 5.94. The molecular formula is C12H11NO3S. The Balaban J connectivity index is 2.24. The van der Waals surface area contributed by atoms with Crippen LogP contribution in [0.4, 0.5) is 0 Å². The first kappa shape index (κ1) is 11.6. The molecule has 0 amide bonds. The van der Waals surface area contributed by atoms with Gasteiger partial charge in [-0.2, -0.15) is 0 Å². The van der Waals surface area contributed by atoms with Gasteiger partial charge in [-0.1, -0.05) is 0 Å². The van der Waals surface area contributed by atoms with Crippen LogP contribution in [0, 0.1) is 0 Å². The number of hydrogen-bond acceptors (Lipinski definition) is 4. The molecule has 0 aliphatic heterocycles. The lowest BCUT2D eigenvalue weighted by atomic mass is 10.2. The maximum atomic E-state index is 11.4. The number of nitrogens with zero attached hydrogens (tertiary/aromatic N) is 1. The lowest BCUT2D eigenvalue weighted by Gasteiger charge is -2.03. The van der Waals surface area contributed by atoms with E-state index in [4.69, 9.17) is 4.74 Å². The molecule has 0 aliphatic rings. The van der Waals surface area contributed by atoms with Crippen LogP contribution in [-0.4, -0.2) is 16.5 Å². The van der Waals surface area contributed by atoms with E-state index in [2.05, 4.69) is 0 Å². The molecule has 2 rings (SSSR count). The number of carbonyl (C=O) groups is 1. The van der Waals surface area contributed by atoms with Crippen molar-refractivity contribution in [3.8, 4) is 5.69 Å². The molecule has 5 heteroatoms. The molecule has 0 aliphatic carbocycles. The molecular weight excluding hydrogens is 238 g/mol. The van der Waals surface area contributed by atoms with E-state index in [9.17, 15) is 9.59 Å². The zero-order chi connectivity index (χ0) is 12.3. The first-order chi connectivity index (χ1) is 8.20. The van der Waals surface area contributed by atoms with Crippen molar-refractivity contribution in [1.29, 1.82) is 0 Å². The minimum absolute atomic E-state index is 0.000491. The highest BCUT2D eigenvalue weighted by Crippen LogP contribution is 2.11. The topological polar surface area (TPSA) is 48.3 Å². The highest BCUT2D eigenvalue weighted by atomic mass is 32.1. The Labute approximate surface area is 102 Å². The van der Waals surface area contributed by atoms with Crippen molar-refractivity contribution < 1.29 is 9.53 Å². The molecule has 0 radical (unpaired) electrons. The Bertz CT molecular complexity index is 568. The maximum absolute atomic E-state index is 11.4. The van der Waals surface area contributed by atoms with Gasteiger partial charge < -0.3 is 4.74 Å². The Morgan fingerprint density at radius 2 is 2.00 bits per heavy atom. The highest BCUT2D eigenvalue weighted by Gasteiger charge is 2.06. The highest BCUT2D eigenvalue weighted by molar-refractivity contribution is 7.04. The van der Waals surface area contributed by atoms with E-state index in [0.29, 0.717) is 12.2 Å². The Kier molecular flexibility index (Phi) is 3.39. The average molecular weight is 249 g/mol. The van der Waals surface area contributed by atoms with Gasteiger partial charge in [0, 0.05) is 12.3 Å². The summed E-state index contributed by atoms with van der Waals surface area (Å²) in [5.41, 5.74) is 1.36. The fourth-order valence-corrected chi connectivity index (χ4v) is 2.05. The predicted octanol–water partition coefficient (Wildman–Crippen LogP) is 2.08. The molecule has 0 unspecified atom stereocenters. The number of carbonyl (C=O) groups excluding carboxylic acids is 1. The van der Waals surface area contributed by atoms with Gasteiger partial charge in [0.15, 0.2) is 0 Å². The van der Waals surface area contributed by atoms with E-state index in [1.807, 2.05) is 0 Å². The van der Waals surface area contributed by atoms with Gasteiger partial charge in [-0.15, -0.1) is 0 Å². The van der Waals surface area contributed by atoms with Gasteiger partial charge in [-0.05, 0) is 42.7 Å². The van der Waals surface area contributed by atoms with Gasteiger partial charge in [-0.3, -0.25) is 8.75 Å². The van der Waals surface area contributed by atoms with Crippen LogP contribution in [0.2, 0.25) is 0 Å². The van der Waals surface area contributed by atoms with Crippen molar-refractivity contribution in [2.75, 3.05) is 6.61 Å². The van der Waals surface area contributed by atoms with Crippen LogP contribution in [0.5, 0.6) is 0 Å². The number of esters is 1. The second-order valence-corrected chi connectivity index (χ2v) is 4.30. The summed E-state index contributed by atoms with van der Waals surface area (Å²) in [6, 6.07) is 8.43. The average Bonchev–Trinajstić information content (AvgIpc) is 2.76. The van der Waals surface area contributed by atoms with Crippen LogP contribution in [0.1, 0.15) is 17.3 Å². The molecule has 88 valence electrons. The standard InChI is InChI=1S/C12H11NO3S/c1-2-16-12(15)9-3-5-10(6-4-9)13-8-7-11(14)17-13/h3-8H,2H2,1H3. The van der Waals surface area contributed by atoms with Gasteiger partial charge in [0.1, 0.15) is 0 Å². The summed E-state index contributed by atoms with van der Waals surface area (Å²) < 4.78 is 6.63. The van der Waals surface area contributed by atoms with Crippen molar-refractivity contribution in [1.82, 2.24) is 3.96 Å². The summed E-state index contributed by atoms with van der Waals surface area (Å²) in [5.74, 6) is -0.334. The summed E-state index contributed by atoms with van der Waals surface area (Å²) >= 11 is 1.11. The van der Waals surface area contributed by atoms with E-state index >= 15 is 0 Å². The monoisotopic (exact) mass is 249 g/mol. The summed E-state index contributed by atoms with van der Waals surface area (Å²) in [5, 5.41) is 0. The summed E-state index contributed by atoms with van der Waals surface area (Å²) in [6.07, 6.45) is 1.70. The predicted molar refractivity (Wildman–Crippen MR) is 65.9 cm³/mol. The van der Waals surface area contributed by atoms with Crippen LogP contribution < -0.4 is 4.74 Å². The minimum atomic E-state index is -0.334. The van der Waals surface area contributed by atoms with Crippen LogP contribution in [0.25, 0.3) is 5.69 Å². The van der Waals surface area contributed by atoms with Gasteiger partial charge >= 0.3 is 5.97 Å². The molecule has 1 heterocycles. The molecule has 17 heavy (non-hydrogen) atoms. The van der Waals surface area contributed by atoms with Crippen molar-refractivity contribution in [3.05, 3.63) is 51.6 Å². The van der Waals surface area contributed by atoms with Crippen LogP contribution >= 0.6 is 11.5 Å². The van der Waals surface area contributed by atoms with Gasteiger partial charge in [0.05, 0.1) is 17.9 Å². The van der Waals surface area contributed by atoms with Gasteiger partial charge in [-0.25, -0.2) is 4.79 Å². The molecule has 0 saturated heterocycles. The van der Waals surface area contributed by atoms with E-state index in [0.717, 1.165) is 17.2 Å². The largest absolute Gasteiger partial charge is 0.462 e. The van der Waals surface area contributed by atoms with Crippen LogP contribution in [0.15, 0.2) is 41.3 Å². The molecule has 0 bridgehead atoms. The number of hydrogen-bond donors (Lipinski definition) is 0. The van der Waals surface area contributed by atoms with Gasteiger partial charge in [0.2, 0.25) is 4.74 Å². The number of benzene rings is 1. The van der Waals surface area contributed by atoms with E-state index in [1.54, 1.807) is 41.3 Å². The Morgan fingerprint density at radius 3 is 2.53 bits per heavy atom. The third-order valence-corrected chi connectivity index (χ3v) is 3.01. The minimum Gasteiger partial charge on any atom is -0.462 e. The van der Waals surface area contributed by atoms with Crippen LogP contribution in [0.3, 0.4) is 0 Å². The Hall–Kier alpha value is -1.88. The maximum Gasteiger partial charge on any atom is 0.338 e. The molecule has 1 aromatic carbocycles. The molecule has 0 saturated carbocycles. The zero-order valence-corrected chi connectivity index (χ0v) is 10.1. The fraction of sp³-hybridized carbons (Fsp3) is 0.167. The first-order valence-electron chi connectivity index (χ1n) is 5.17. The normalized spacial score (nSPS) is 10.2. The smallest absolute Gasteiger partial charge is 0.338 e. The number of aromatic nitrogens is 1. The van der Waals surface area contributed by atoms with Crippen molar-refractivity contribution in [2.45, 2.75) is 6.92 Å². The molecule has 0 spiro atoms. The lowest BCUT2D eigenvalue weighted by molar-refractivity contribution is 0.0526. The second-order valence-electron chi connectivity index (χ2n) is 3.32. The fourth-order valence-electron chi connectivity index (χ4n) is 1.38. The van der Waals surface area contributed by atoms with Crippen molar-refractivity contribution in [3.63, 3.8) is 0 Å². The molecule has 0 fully saturated rings. The van der Waals surface area contributed by atoms with E-state index < -0.39 is 0 Å². The SMILES string of the molecule is CCOC(=O)c1ccc(-n2ccc(=O)s2)cc1. The quantitative estimate of drug-likeness (QED) is 0.782. The molecule has 1 aromatic heterocycles. The molecule has 4 nitrogen and oxygen atoms in total. The third kappa shape index (κ3) is 2.62. The lowest BCUT2D eigenvalue weighted by Crippen LogP contribution is -2.04. The molecule has 2 aromatic rings. The van der Waals surface area contributed by atoms with Crippen molar-refractivity contribution in [2.24, 2.45) is 0 Å². The molecule has 0 atom stereocenters. The number of rotatable bonds is 3.